The number of nitrogens with one attached hydrogen (secondary N) is 2. The standard InChI is InChI=1S/C12H11N2O4.Fm/c15-6-14-10(12(17)18)4-7-1-2-8-5-13-11(16)9(8)3-7;/h1-3,10H,4-5H2,(H,13,16)(H,14,15)(H,17,18);/q-1;/t10-;/m0./s1. The number of hydrogen-bond acceptors (Lipinski definition) is 3. The molecule has 0 aliphatic carbocycles. The molecule has 1 aromatic carbocycles. The average Bonchev–Trinajstić information content (AvgIpc) is 2.70. The molecule has 1 atom stereocenters. The Morgan fingerprint density at radius 3 is 2.89 bits per heavy atom. The first-order valence-electron chi connectivity index (χ1n) is 5.37. The van der Waals surface area contributed by atoms with Crippen molar-refractivity contribution >= 4 is 18.3 Å². The first-order chi connectivity index (χ1) is 8.61. The second kappa shape index (κ2) is 5.31. The van der Waals surface area contributed by atoms with Crippen LogP contribution in [0.3, 0.4) is 0 Å². The van der Waals surface area contributed by atoms with Crippen LogP contribution in [0.2, 0.25) is 0 Å². The molecule has 1 aliphatic heterocycles. The van der Waals surface area contributed by atoms with Gasteiger partial charge in [0.1, 0.15) is 6.04 Å². The monoisotopic (exact) mass is 504 g/mol. The molecular formula is C12H11FmN2O4-. The fourth-order valence-electron chi connectivity index (χ4n) is 1.89. The van der Waals surface area contributed by atoms with E-state index in [1.807, 2.05) is 0 Å². The Labute approximate surface area is 103 Å². The van der Waals surface area contributed by atoms with Crippen molar-refractivity contribution in [2.24, 2.45) is 0 Å². The fourth-order valence-corrected chi connectivity index (χ4v) is 1.89. The van der Waals surface area contributed by atoms with E-state index < -0.39 is 12.0 Å². The number of carboxylic acids is 1. The number of aliphatic carboxylic acids is 1. The minimum atomic E-state index is -1.14. The Balaban J connectivity index is 0.00000180. The summed E-state index contributed by atoms with van der Waals surface area (Å²) in [5, 5.41) is 13.7. The predicted octanol–water partition coefficient (Wildman–Crippen LogP) is -0.418. The molecule has 0 saturated carbocycles. The van der Waals surface area contributed by atoms with E-state index in [4.69, 9.17) is 5.11 Å². The van der Waals surface area contributed by atoms with Crippen LogP contribution in [0.5, 0.6) is 0 Å². The van der Waals surface area contributed by atoms with Crippen LogP contribution in [0.4, 0.5) is 0 Å². The van der Waals surface area contributed by atoms with Gasteiger partial charge in [-0.2, -0.15) is 6.41 Å². The van der Waals surface area contributed by atoms with Gasteiger partial charge in [-0.15, -0.1) is 0 Å². The summed E-state index contributed by atoms with van der Waals surface area (Å²) in [6.07, 6.45) is 1.49. The number of fused-ring (bicyclic) bond motifs is 1. The van der Waals surface area contributed by atoms with Gasteiger partial charge in [0.2, 0.25) is 0 Å². The van der Waals surface area contributed by atoms with Crippen LogP contribution in [0, 0.1) is 0 Å². The summed E-state index contributed by atoms with van der Waals surface area (Å²) < 4.78 is 0. The van der Waals surface area contributed by atoms with Crippen molar-refractivity contribution in [3.63, 3.8) is 0 Å². The molecule has 6 nitrogen and oxygen atoms in total. The molecule has 7 heteroatoms. The van der Waals surface area contributed by atoms with Gasteiger partial charge in [0.05, 0.1) is 0 Å². The Bertz CT molecular complexity index is 518. The second-order valence-corrected chi connectivity index (χ2v) is 4.02. The number of carbonyl (C=O) groups excluding carboxylic acids is 2. The predicted molar refractivity (Wildman–Crippen MR) is 61.6 cm³/mol. The molecule has 0 bridgehead atoms. The molecule has 0 radical (unpaired) electrons. The minimum Gasteiger partial charge on any atom is -0.520 e. The maximum atomic E-state index is 11.5. The van der Waals surface area contributed by atoms with Crippen LogP contribution >= 0.6 is 0 Å². The first-order valence-corrected chi connectivity index (χ1v) is 5.37. The summed E-state index contributed by atoms with van der Waals surface area (Å²) in [6, 6.07) is 4.15. The van der Waals surface area contributed by atoms with Crippen molar-refractivity contribution in [3.8, 4) is 0 Å². The summed E-state index contributed by atoms with van der Waals surface area (Å²) in [4.78, 5) is 32.5. The third-order valence-corrected chi connectivity index (χ3v) is 2.83. The zero-order chi connectivity index (χ0) is 13.1. The molecule has 0 aromatic heterocycles. The third-order valence-electron chi connectivity index (χ3n) is 2.83. The molecule has 0 spiro atoms. The van der Waals surface area contributed by atoms with Crippen molar-refractivity contribution < 1.29 is 19.5 Å². The third kappa shape index (κ3) is 2.66. The van der Waals surface area contributed by atoms with Crippen LogP contribution in [0.25, 0.3) is 0 Å². The van der Waals surface area contributed by atoms with Crippen LogP contribution in [-0.2, 0) is 22.6 Å². The molecule has 0 saturated heterocycles. The van der Waals surface area contributed by atoms with E-state index in [1.54, 1.807) is 18.2 Å². The SMILES string of the molecule is O=[C-]N[C@@H](Cc1ccc2c(c1)C(=O)NC2)C(=O)O.[Fm]. The normalized spacial score (nSPS) is 13.8. The Morgan fingerprint density at radius 1 is 1.53 bits per heavy atom. The average molecular weight is 504 g/mol. The first kappa shape index (κ1) is 13.7. The van der Waals surface area contributed by atoms with Crippen LogP contribution in [0.1, 0.15) is 21.5 Å². The summed E-state index contributed by atoms with van der Waals surface area (Å²) in [6.45, 7) is 0.497. The number of amides is 2. The van der Waals surface area contributed by atoms with Crippen LogP contribution in [0.15, 0.2) is 18.2 Å². The van der Waals surface area contributed by atoms with E-state index in [2.05, 4.69) is 10.6 Å². The molecule has 0 fully saturated rings. The van der Waals surface area contributed by atoms with Crippen LogP contribution in [-0.4, -0.2) is 29.4 Å². The zero-order valence-electron chi connectivity index (χ0n) is 9.68. The smallest absolute Gasteiger partial charge is 0.323 e. The molecule has 1 aromatic rings. The summed E-state index contributed by atoms with van der Waals surface area (Å²) in [7, 11) is 0. The molecule has 2 rings (SSSR count). The molecular weight excluding hydrogens is 493 g/mol. The van der Waals surface area contributed by atoms with Gasteiger partial charge in [-0.1, -0.05) is 12.1 Å². The Hall–Kier alpha value is -3.37. The second-order valence-electron chi connectivity index (χ2n) is 4.02. The maximum Gasteiger partial charge on any atom is 0.323 e. The number of carboxylic acid groups (broad SMARTS) is 1. The van der Waals surface area contributed by atoms with Gasteiger partial charge in [-0.25, -0.2) is 0 Å². The number of benzene rings is 1. The molecule has 1 aliphatic rings. The number of rotatable bonds is 5. The molecule has 1 heterocycles. The van der Waals surface area contributed by atoms with Crippen molar-refractivity contribution in [2.75, 3.05) is 0 Å². The maximum absolute atomic E-state index is 11.5. The van der Waals surface area contributed by atoms with E-state index in [0.717, 1.165) is 5.56 Å². The topological polar surface area (TPSA) is 95.5 Å². The van der Waals surface area contributed by atoms with E-state index in [-0.39, 0.29) is 12.3 Å². The van der Waals surface area contributed by atoms with Crippen LogP contribution < -0.4 is 10.6 Å². The summed E-state index contributed by atoms with van der Waals surface area (Å²) in [5.74, 6) is -1.29. The van der Waals surface area contributed by atoms with Gasteiger partial charge in [-0.05, 0) is 17.2 Å². The molecule has 3 N–H and O–H groups in total. The minimum absolute atomic E-state index is 0. The number of carbonyl (C=O) groups is 2. The molecule has 0 unspecified atom stereocenters. The van der Waals surface area contributed by atoms with E-state index >= 15 is 0 Å². The van der Waals surface area contributed by atoms with Gasteiger partial charge in [0.15, 0.2) is 0 Å². The van der Waals surface area contributed by atoms with Crippen molar-refractivity contribution in [1.82, 2.24) is 10.6 Å². The summed E-state index contributed by atoms with van der Waals surface area (Å²) >= 11 is 0. The zero-order valence-corrected chi connectivity index (χ0v) is 12.1. The Morgan fingerprint density at radius 2 is 2.26 bits per heavy atom. The van der Waals surface area contributed by atoms with Crippen molar-refractivity contribution in [3.05, 3.63) is 34.9 Å². The quantitative estimate of drug-likeness (QED) is 0.376. The van der Waals surface area contributed by atoms with Gasteiger partial charge >= 0.3 is 5.97 Å². The summed E-state index contributed by atoms with van der Waals surface area (Å²) in [5.41, 5.74) is 2.14. The Kier molecular flexibility index (Phi) is 3.83. The number of hydrogen-bond donors (Lipinski definition) is 3. The van der Waals surface area contributed by atoms with Gasteiger partial charge < -0.3 is 20.5 Å². The van der Waals surface area contributed by atoms with E-state index in [0.29, 0.717) is 17.7 Å². The molecule has 19 heavy (non-hydrogen) atoms. The largest absolute Gasteiger partial charge is 0.520 e. The van der Waals surface area contributed by atoms with Gasteiger partial charge in [0.25, 0.3) is 5.91 Å². The molecule has 2 amide bonds. The van der Waals surface area contributed by atoms with E-state index in [9.17, 15) is 14.4 Å². The van der Waals surface area contributed by atoms with Crippen molar-refractivity contribution in [1.29, 1.82) is 0 Å². The van der Waals surface area contributed by atoms with Crippen molar-refractivity contribution in [2.45, 2.75) is 19.0 Å². The van der Waals surface area contributed by atoms with Gasteiger partial charge in [-0.3, -0.25) is 9.59 Å². The fraction of sp³-hybridized carbons (Fsp3) is 0.250. The van der Waals surface area contributed by atoms with E-state index in [1.165, 1.54) is 6.41 Å². The molecule has 106 valence electrons. The van der Waals surface area contributed by atoms with Gasteiger partial charge in [0, 0.05) is 18.5 Å².